The molecule has 106 valence electrons. The second kappa shape index (κ2) is 5.62. The third-order valence-corrected chi connectivity index (χ3v) is 3.69. The maximum Gasteiger partial charge on any atom is 0.159 e. The first-order chi connectivity index (χ1) is 10.1. The van der Waals surface area contributed by atoms with Gasteiger partial charge in [-0.2, -0.15) is 0 Å². The van der Waals surface area contributed by atoms with Gasteiger partial charge in [0.25, 0.3) is 0 Å². The average molecular weight is 283 g/mol. The zero-order chi connectivity index (χ0) is 14.8. The average Bonchev–Trinajstić information content (AvgIpc) is 2.50. The van der Waals surface area contributed by atoms with E-state index in [4.69, 9.17) is 5.73 Å². The molecule has 3 aromatic carbocycles. The van der Waals surface area contributed by atoms with Crippen molar-refractivity contribution in [3.8, 4) is 0 Å². The minimum atomic E-state index is -0.860. The van der Waals surface area contributed by atoms with E-state index in [2.05, 4.69) is 0 Å². The Balaban J connectivity index is 1.92. The van der Waals surface area contributed by atoms with Crippen LogP contribution in [0.15, 0.2) is 60.7 Å². The van der Waals surface area contributed by atoms with Crippen molar-refractivity contribution in [3.63, 3.8) is 0 Å². The summed E-state index contributed by atoms with van der Waals surface area (Å²) in [5.41, 5.74) is 7.85. The Bertz CT molecular complexity index is 778. The molecule has 0 radical (unpaired) electrons. The van der Waals surface area contributed by atoms with E-state index >= 15 is 0 Å². The highest BCUT2D eigenvalue weighted by molar-refractivity contribution is 5.85. The van der Waals surface area contributed by atoms with Crippen LogP contribution in [0.2, 0.25) is 0 Å². The molecule has 0 aliphatic carbocycles. The van der Waals surface area contributed by atoms with Crippen LogP contribution >= 0.6 is 0 Å². The number of nitrogens with two attached hydrogens (primary N) is 1. The predicted octanol–water partition coefficient (Wildman–Crippen LogP) is 4.36. The van der Waals surface area contributed by atoms with E-state index in [0.29, 0.717) is 12.0 Å². The van der Waals surface area contributed by atoms with Crippen molar-refractivity contribution in [1.29, 1.82) is 0 Å². The van der Waals surface area contributed by atoms with Crippen LogP contribution in [0.4, 0.5) is 8.78 Å². The summed E-state index contributed by atoms with van der Waals surface area (Å²) in [5.74, 6) is -1.71. The summed E-state index contributed by atoms with van der Waals surface area (Å²) in [4.78, 5) is 0. The standard InChI is InChI=1S/C18H15F2N/c19-16-9-8-14(10-17(16)20)18(21)11-13-6-3-5-12-4-1-2-7-15(12)13/h1-10,18H,11,21H2. The van der Waals surface area contributed by atoms with Gasteiger partial charge in [0.2, 0.25) is 0 Å². The molecule has 0 bridgehead atoms. The second-order valence-corrected chi connectivity index (χ2v) is 5.12. The normalized spacial score (nSPS) is 12.5. The van der Waals surface area contributed by atoms with Crippen LogP contribution < -0.4 is 5.73 Å². The largest absolute Gasteiger partial charge is 0.324 e. The van der Waals surface area contributed by atoms with Crippen LogP contribution in [0.1, 0.15) is 17.2 Å². The Morgan fingerprint density at radius 1 is 0.857 bits per heavy atom. The summed E-state index contributed by atoms with van der Waals surface area (Å²) in [7, 11) is 0. The molecule has 0 aliphatic rings. The van der Waals surface area contributed by atoms with Crippen molar-refractivity contribution in [2.75, 3.05) is 0 Å². The fourth-order valence-corrected chi connectivity index (χ4v) is 2.57. The summed E-state index contributed by atoms with van der Waals surface area (Å²) in [6.45, 7) is 0. The molecule has 1 atom stereocenters. The Labute approximate surface area is 122 Å². The molecule has 0 aliphatic heterocycles. The zero-order valence-electron chi connectivity index (χ0n) is 11.4. The van der Waals surface area contributed by atoms with Crippen LogP contribution in [0, 0.1) is 11.6 Å². The van der Waals surface area contributed by atoms with E-state index in [1.54, 1.807) is 0 Å². The van der Waals surface area contributed by atoms with Gasteiger partial charge in [-0.15, -0.1) is 0 Å². The number of hydrogen-bond acceptors (Lipinski definition) is 1. The van der Waals surface area contributed by atoms with E-state index < -0.39 is 11.6 Å². The first-order valence-electron chi connectivity index (χ1n) is 6.82. The monoisotopic (exact) mass is 283 g/mol. The minimum absolute atomic E-state index is 0.370. The Morgan fingerprint density at radius 2 is 1.62 bits per heavy atom. The number of fused-ring (bicyclic) bond motifs is 1. The molecule has 0 heterocycles. The van der Waals surface area contributed by atoms with Crippen LogP contribution in [-0.4, -0.2) is 0 Å². The van der Waals surface area contributed by atoms with Crippen LogP contribution in [0.3, 0.4) is 0 Å². The summed E-state index contributed by atoms with van der Waals surface area (Å²) in [5, 5.41) is 2.28. The molecule has 3 heteroatoms. The lowest BCUT2D eigenvalue weighted by atomic mass is 9.95. The first-order valence-corrected chi connectivity index (χ1v) is 6.82. The quantitative estimate of drug-likeness (QED) is 0.759. The molecular formula is C18H15F2N. The van der Waals surface area contributed by atoms with E-state index in [9.17, 15) is 8.78 Å². The molecule has 3 rings (SSSR count). The molecule has 0 saturated heterocycles. The SMILES string of the molecule is NC(Cc1cccc2ccccc12)c1ccc(F)c(F)c1. The van der Waals surface area contributed by atoms with Gasteiger partial charge >= 0.3 is 0 Å². The highest BCUT2D eigenvalue weighted by Crippen LogP contribution is 2.24. The minimum Gasteiger partial charge on any atom is -0.324 e. The molecule has 3 aromatic rings. The molecule has 0 amide bonds. The van der Waals surface area contributed by atoms with E-state index in [-0.39, 0.29) is 6.04 Å². The second-order valence-electron chi connectivity index (χ2n) is 5.12. The molecule has 1 nitrogen and oxygen atoms in total. The Kier molecular flexibility index (Phi) is 3.67. The summed E-state index contributed by atoms with van der Waals surface area (Å²) < 4.78 is 26.3. The van der Waals surface area contributed by atoms with Gasteiger partial charge in [0.15, 0.2) is 11.6 Å². The molecule has 0 saturated carbocycles. The molecular weight excluding hydrogens is 268 g/mol. The maximum atomic E-state index is 13.3. The van der Waals surface area contributed by atoms with Crippen molar-refractivity contribution >= 4 is 10.8 Å². The van der Waals surface area contributed by atoms with Gasteiger partial charge in [-0.25, -0.2) is 8.78 Å². The van der Waals surface area contributed by atoms with Gasteiger partial charge in [-0.05, 0) is 40.5 Å². The lowest BCUT2D eigenvalue weighted by molar-refractivity contribution is 0.505. The smallest absolute Gasteiger partial charge is 0.159 e. The Morgan fingerprint density at radius 3 is 2.43 bits per heavy atom. The van der Waals surface area contributed by atoms with E-state index in [1.165, 1.54) is 12.1 Å². The van der Waals surface area contributed by atoms with Crippen LogP contribution in [0.25, 0.3) is 10.8 Å². The topological polar surface area (TPSA) is 26.0 Å². The lowest BCUT2D eigenvalue weighted by Crippen LogP contribution is -2.14. The molecule has 0 aromatic heterocycles. The van der Waals surface area contributed by atoms with Gasteiger partial charge in [-0.3, -0.25) is 0 Å². The van der Waals surface area contributed by atoms with Crippen molar-refractivity contribution in [3.05, 3.63) is 83.4 Å². The summed E-state index contributed by atoms with van der Waals surface area (Å²) in [6.07, 6.45) is 0.576. The highest BCUT2D eigenvalue weighted by Gasteiger charge is 2.12. The molecule has 0 spiro atoms. The van der Waals surface area contributed by atoms with Gasteiger partial charge in [0, 0.05) is 6.04 Å². The zero-order valence-corrected chi connectivity index (χ0v) is 11.4. The highest BCUT2D eigenvalue weighted by atomic mass is 19.2. The maximum absolute atomic E-state index is 13.3. The first kappa shape index (κ1) is 13.7. The molecule has 0 fully saturated rings. The van der Waals surface area contributed by atoms with Crippen molar-refractivity contribution in [2.45, 2.75) is 12.5 Å². The fourth-order valence-electron chi connectivity index (χ4n) is 2.57. The number of benzene rings is 3. The van der Waals surface area contributed by atoms with E-state index in [1.807, 2.05) is 42.5 Å². The van der Waals surface area contributed by atoms with Crippen LogP contribution in [-0.2, 0) is 6.42 Å². The van der Waals surface area contributed by atoms with Crippen molar-refractivity contribution in [1.82, 2.24) is 0 Å². The number of hydrogen-bond donors (Lipinski definition) is 1. The third kappa shape index (κ3) is 2.78. The Hall–Kier alpha value is -2.26. The number of rotatable bonds is 3. The van der Waals surface area contributed by atoms with E-state index in [0.717, 1.165) is 22.4 Å². The lowest BCUT2D eigenvalue weighted by Gasteiger charge is -2.14. The molecule has 2 N–H and O–H groups in total. The van der Waals surface area contributed by atoms with Crippen LogP contribution in [0.5, 0.6) is 0 Å². The molecule has 1 unspecified atom stereocenters. The predicted molar refractivity (Wildman–Crippen MR) is 80.9 cm³/mol. The summed E-state index contributed by atoms with van der Waals surface area (Å²) >= 11 is 0. The number of halogens is 2. The van der Waals surface area contributed by atoms with Gasteiger partial charge in [0.05, 0.1) is 0 Å². The van der Waals surface area contributed by atoms with Gasteiger partial charge in [0.1, 0.15) is 0 Å². The fraction of sp³-hybridized carbons (Fsp3) is 0.111. The van der Waals surface area contributed by atoms with Gasteiger partial charge in [-0.1, -0.05) is 48.5 Å². The van der Waals surface area contributed by atoms with Crippen molar-refractivity contribution < 1.29 is 8.78 Å². The molecule has 21 heavy (non-hydrogen) atoms. The third-order valence-electron chi connectivity index (χ3n) is 3.69. The van der Waals surface area contributed by atoms with Gasteiger partial charge < -0.3 is 5.73 Å². The summed E-state index contributed by atoms with van der Waals surface area (Å²) in [6, 6.07) is 17.6. The van der Waals surface area contributed by atoms with Crippen molar-refractivity contribution in [2.24, 2.45) is 5.73 Å².